The normalized spacial score (nSPS) is 16.6. The van der Waals surface area contributed by atoms with Crippen molar-refractivity contribution < 1.29 is 14.0 Å². The highest BCUT2D eigenvalue weighted by Crippen LogP contribution is 2.36. The molecular formula is C16H9ClFNO2S. The highest BCUT2D eigenvalue weighted by atomic mass is 35.5. The summed E-state index contributed by atoms with van der Waals surface area (Å²) in [5, 5.41) is -0.235. The Morgan fingerprint density at radius 1 is 1.05 bits per heavy atom. The Morgan fingerprint density at radius 2 is 1.77 bits per heavy atom. The molecule has 1 saturated heterocycles. The van der Waals surface area contributed by atoms with Crippen LogP contribution in [0.4, 0.5) is 14.9 Å². The third-order valence-corrected chi connectivity index (χ3v) is 4.28. The highest BCUT2D eigenvalue weighted by molar-refractivity contribution is 8.19. The molecule has 3 nitrogen and oxygen atoms in total. The first-order valence-corrected chi connectivity index (χ1v) is 7.54. The summed E-state index contributed by atoms with van der Waals surface area (Å²) in [6.45, 7) is 0. The van der Waals surface area contributed by atoms with E-state index in [0.29, 0.717) is 5.69 Å². The van der Waals surface area contributed by atoms with Crippen LogP contribution in [0.25, 0.3) is 6.08 Å². The molecule has 6 heteroatoms. The SMILES string of the molecule is O=C1S/C(=C\c2c(F)cccc2Cl)C(=O)N1c1ccccc1. The number of hydrogen-bond donors (Lipinski definition) is 0. The fourth-order valence-corrected chi connectivity index (χ4v) is 3.09. The van der Waals surface area contributed by atoms with Crippen LogP contribution in [-0.2, 0) is 4.79 Å². The van der Waals surface area contributed by atoms with Gasteiger partial charge in [0.2, 0.25) is 0 Å². The monoisotopic (exact) mass is 333 g/mol. The maximum absolute atomic E-state index is 13.8. The summed E-state index contributed by atoms with van der Waals surface area (Å²) < 4.78 is 13.8. The lowest BCUT2D eigenvalue weighted by molar-refractivity contribution is -0.113. The molecule has 0 radical (unpaired) electrons. The number of benzene rings is 2. The highest BCUT2D eigenvalue weighted by Gasteiger charge is 2.36. The number of anilines is 1. The molecule has 3 rings (SSSR count). The van der Waals surface area contributed by atoms with Crippen molar-refractivity contribution in [2.45, 2.75) is 0 Å². The molecule has 0 bridgehead atoms. The lowest BCUT2D eigenvalue weighted by Crippen LogP contribution is -2.27. The number of halogens is 2. The first-order valence-electron chi connectivity index (χ1n) is 6.35. The van der Waals surface area contributed by atoms with Crippen LogP contribution < -0.4 is 4.90 Å². The van der Waals surface area contributed by atoms with Gasteiger partial charge in [-0.15, -0.1) is 0 Å². The predicted octanol–water partition coefficient (Wildman–Crippen LogP) is 4.72. The van der Waals surface area contributed by atoms with E-state index in [0.717, 1.165) is 16.7 Å². The van der Waals surface area contributed by atoms with Gasteiger partial charge < -0.3 is 0 Å². The molecule has 1 aliphatic rings. The van der Waals surface area contributed by atoms with Crippen LogP contribution in [0.15, 0.2) is 53.4 Å². The van der Waals surface area contributed by atoms with Crippen molar-refractivity contribution in [1.29, 1.82) is 0 Å². The maximum atomic E-state index is 13.8. The van der Waals surface area contributed by atoms with Crippen molar-refractivity contribution in [3.05, 3.63) is 69.8 Å². The number of para-hydroxylation sites is 1. The van der Waals surface area contributed by atoms with Gasteiger partial charge in [0, 0.05) is 5.56 Å². The fourth-order valence-electron chi connectivity index (χ4n) is 2.05. The van der Waals surface area contributed by atoms with E-state index >= 15 is 0 Å². The largest absolute Gasteiger partial charge is 0.298 e. The smallest absolute Gasteiger partial charge is 0.268 e. The van der Waals surface area contributed by atoms with E-state index in [4.69, 9.17) is 11.6 Å². The van der Waals surface area contributed by atoms with Gasteiger partial charge in [-0.3, -0.25) is 9.59 Å². The zero-order valence-electron chi connectivity index (χ0n) is 11.1. The second kappa shape index (κ2) is 5.94. The van der Waals surface area contributed by atoms with Gasteiger partial charge in [-0.1, -0.05) is 35.9 Å². The average Bonchev–Trinajstić information content (AvgIpc) is 2.78. The van der Waals surface area contributed by atoms with Crippen molar-refractivity contribution in [2.24, 2.45) is 0 Å². The summed E-state index contributed by atoms with van der Waals surface area (Å²) >= 11 is 6.70. The molecule has 0 saturated carbocycles. The van der Waals surface area contributed by atoms with Crippen LogP contribution in [0.2, 0.25) is 5.02 Å². The van der Waals surface area contributed by atoms with Crippen molar-refractivity contribution in [1.82, 2.24) is 0 Å². The van der Waals surface area contributed by atoms with Gasteiger partial charge in [-0.2, -0.15) is 0 Å². The van der Waals surface area contributed by atoms with E-state index in [1.165, 1.54) is 24.3 Å². The lowest BCUT2D eigenvalue weighted by atomic mass is 10.2. The number of nitrogens with zero attached hydrogens (tertiary/aromatic N) is 1. The molecule has 0 aliphatic carbocycles. The van der Waals surface area contributed by atoms with Gasteiger partial charge >= 0.3 is 0 Å². The van der Waals surface area contributed by atoms with E-state index in [9.17, 15) is 14.0 Å². The number of thioether (sulfide) groups is 1. The van der Waals surface area contributed by atoms with Crippen LogP contribution >= 0.6 is 23.4 Å². The van der Waals surface area contributed by atoms with E-state index in [1.54, 1.807) is 30.3 Å². The van der Waals surface area contributed by atoms with Crippen LogP contribution in [0, 0.1) is 5.82 Å². The van der Waals surface area contributed by atoms with Gasteiger partial charge in [0.05, 0.1) is 15.6 Å². The molecular weight excluding hydrogens is 325 g/mol. The first-order chi connectivity index (χ1) is 10.6. The van der Waals surface area contributed by atoms with Crippen LogP contribution in [-0.4, -0.2) is 11.1 Å². The summed E-state index contributed by atoms with van der Waals surface area (Å²) in [5.74, 6) is -1.03. The number of hydrogen-bond acceptors (Lipinski definition) is 3. The van der Waals surface area contributed by atoms with Crippen LogP contribution in [0.1, 0.15) is 5.56 Å². The molecule has 1 heterocycles. The average molecular weight is 334 g/mol. The van der Waals surface area contributed by atoms with E-state index < -0.39 is 17.0 Å². The minimum absolute atomic E-state index is 0.0997. The van der Waals surface area contributed by atoms with E-state index in [-0.39, 0.29) is 15.5 Å². The lowest BCUT2D eigenvalue weighted by Gasteiger charge is -2.11. The number of amides is 2. The summed E-state index contributed by atoms with van der Waals surface area (Å²) in [5.41, 5.74) is 0.579. The van der Waals surface area contributed by atoms with Gasteiger partial charge in [0.25, 0.3) is 11.1 Å². The van der Waals surface area contributed by atoms with Crippen molar-refractivity contribution >= 4 is 46.3 Å². The van der Waals surface area contributed by atoms with Gasteiger partial charge in [0.15, 0.2) is 0 Å². The first kappa shape index (κ1) is 14.8. The number of carbonyl (C=O) groups is 2. The Bertz CT molecular complexity index is 772. The van der Waals surface area contributed by atoms with Crippen molar-refractivity contribution in [3.63, 3.8) is 0 Å². The Labute approximate surface area is 135 Å². The Kier molecular flexibility index (Phi) is 4.00. The number of imide groups is 1. The zero-order valence-corrected chi connectivity index (χ0v) is 12.7. The maximum Gasteiger partial charge on any atom is 0.298 e. The second-order valence-electron chi connectivity index (χ2n) is 4.49. The van der Waals surface area contributed by atoms with Crippen LogP contribution in [0.5, 0.6) is 0 Å². The van der Waals surface area contributed by atoms with E-state index in [1.807, 2.05) is 0 Å². The Balaban J connectivity index is 2.00. The zero-order chi connectivity index (χ0) is 15.7. The Morgan fingerprint density at radius 3 is 2.45 bits per heavy atom. The molecule has 2 aromatic carbocycles. The molecule has 0 aromatic heterocycles. The van der Waals surface area contributed by atoms with Gasteiger partial charge in [-0.05, 0) is 42.1 Å². The van der Waals surface area contributed by atoms with E-state index in [2.05, 4.69) is 0 Å². The summed E-state index contributed by atoms with van der Waals surface area (Å²) in [6, 6.07) is 12.8. The molecule has 0 unspecified atom stereocenters. The summed E-state index contributed by atoms with van der Waals surface area (Å²) in [6.07, 6.45) is 1.31. The number of rotatable bonds is 2. The third kappa shape index (κ3) is 2.65. The fraction of sp³-hybridized carbons (Fsp3) is 0. The Hall–Kier alpha value is -2.11. The molecule has 0 N–H and O–H groups in total. The molecule has 22 heavy (non-hydrogen) atoms. The minimum atomic E-state index is -0.543. The molecule has 2 amide bonds. The summed E-state index contributed by atoms with van der Waals surface area (Å²) in [7, 11) is 0. The van der Waals surface area contributed by atoms with Crippen LogP contribution in [0.3, 0.4) is 0 Å². The molecule has 1 fully saturated rings. The number of carbonyl (C=O) groups excluding carboxylic acids is 2. The minimum Gasteiger partial charge on any atom is -0.268 e. The van der Waals surface area contributed by atoms with Crippen molar-refractivity contribution in [2.75, 3.05) is 4.90 Å². The molecule has 0 spiro atoms. The second-order valence-corrected chi connectivity index (χ2v) is 5.89. The third-order valence-electron chi connectivity index (χ3n) is 3.08. The predicted molar refractivity (Wildman–Crippen MR) is 86.3 cm³/mol. The summed E-state index contributed by atoms with van der Waals surface area (Å²) in [4.78, 5) is 25.7. The quantitative estimate of drug-likeness (QED) is 0.746. The molecule has 0 atom stereocenters. The topological polar surface area (TPSA) is 37.4 Å². The molecule has 2 aromatic rings. The van der Waals surface area contributed by atoms with Gasteiger partial charge in [-0.25, -0.2) is 9.29 Å². The standard InChI is InChI=1S/C16H9ClFNO2S/c17-12-7-4-8-13(18)11(12)9-14-15(20)19(16(21)22-14)10-5-2-1-3-6-10/h1-9H/b14-9-. The van der Waals surface area contributed by atoms with Crippen molar-refractivity contribution in [3.8, 4) is 0 Å². The molecule has 1 aliphatic heterocycles. The molecule has 110 valence electrons. The van der Waals surface area contributed by atoms with Gasteiger partial charge in [0.1, 0.15) is 5.82 Å².